The molecule has 3 aliphatic rings. The van der Waals surface area contributed by atoms with Crippen LogP contribution in [0.5, 0.6) is 11.5 Å². The number of rotatable bonds is 7. The first-order chi connectivity index (χ1) is 19.3. The lowest BCUT2D eigenvalue weighted by Gasteiger charge is -2.49. The number of ether oxygens (including phenoxy) is 2. The van der Waals surface area contributed by atoms with Gasteiger partial charge < -0.3 is 14.4 Å². The fourth-order valence-corrected chi connectivity index (χ4v) is 7.48. The lowest BCUT2D eigenvalue weighted by Crippen LogP contribution is -2.44. The molecule has 5 rings (SSSR count). The zero-order chi connectivity index (χ0) is 29.7. The summed E-state index contributed by atoms with van der Waals surface area (Å²) in [7, 11) is 1.59. The topological polar surface area (TPSA) is 55.8 Å². The molecule has 2 aliphatic carbocycles. The molecule has 5 nitrogen and oxygen atoms in total. The molecule has 2 aromatic rings. The molecule has 0 N–H and O–H groups in total. The van der Waals surface area contributed by atoms with Crippen LogP contribution in [0.15, 0.2) is 58.9 Å². The standard InChI is InChI=1S/C34H39FINO4/c1-7-11-37-24-15-33(2,3)17-26(38)30(24)29(31-25(37)16-34(4,5)18-27(31)39)21-13-23(36)32(28(14-21)40-6)41-19-20-9-8-10-22(35)12-20/h8-10,12-14,29H,7,11,15-19H2,1-6H3. The van der Waals surface area contributed by atoms with Crippen LogP contribution in [0.1, 0.15) is 83.8 Å². The summed E-state index contributed by atoms with van der Waals surface area (Å²) in [5, 5.41) is 0. The summed E-state index contributed by atoms with van der Waals surface area (Å²) in [6.45, 7) is 11.7. The molecule has 0 fully saturated rings. The maximum atomic E-state index is 14.0. The highest BCUT2D eigenvalue weighted by molar-refractivity contribution is 14.1. The van der Waals surface area contributed by atoms with Gasteiger partial charge in [-0.05, 0) is 88.1 Å². The molecule has 1 aliphatic heterocycles. The molecule has 0 atom stereocenters. The highest BCUT2D eigenvalue weighted by Crippen LogP contribution is 2.55. The lowest BCUT2D eigenvalue weighted by atomic mass is 9.63. The average Bonchev–Trinajstić information content (AvgIpc) is 2.87. The van der Waals surface area contributed by atoms with E-state index in [1.807, 2.05) is 18.2 Å². The van der Waals surface area contributed by atoms with Gasteiger partial charge in [0, 0.05) is 47.8 Å². The molecule has 0 saturated carbocycles. The molecule has 0 aromatic heterocycles. The molecule has 2 aromatic carbocycles. The normalized spacial score (nSPS) is 20.2. The molecule has 0 spiro atoms. The zero-order valence-corrected chi connectivity index (χ0v) is 27.0. The monoisotopic (exact) mass is 671 g/mol. The third-order valence-electron chi connectivity index (χ3n) is 8.33. The van der Waals surface area contributed by atoms with E-state index in [1.165, 1.54) is 12.1 Å². The van der Waals surface area contributed by atoms with Gasteiger partial charge >= 0.3 is 0 Å². The van der Waals surface area contributed by atoms with Crippen molar-refractivity contribution >= 4 is 34.2 Å². The first-order valence-corrected chi connectivity index (χ1v) is 15.5. The molecule has 41 heavy (non-hydrogen) atoms. The predicted molar refractivity (Wildman–Crippen MR) is 166 cm³/mol. The second kappa shape index (κ2) is 11.2. The quantitative estimate of drug-likeness (QED) is 0.279. The van der Waals surface area contributed by atoms with Crippen LogP contribution in [-0.2, 0) is 16.2 Å². The largest absolute Gasteiger partial charge is 0.493 e. The van der Waals surface area contributed by atoms with Gasteiger partial charge in [0.1, 0.15) is 12.4 Å². The maximum absolute atomic E-state index is 14.0. The second-order valence-electron chi connectivity index (χ2n) is 13.1. The van der Waals surface area contributed by atoms with Gasteiger partial charge in [-0.2, -0.15) is 0 Å². The van der Waals surface area contributed by atoms with Crippen LogP contribution in [-0.4, -0.2) is 30.1 Å². The highest BCUT2D eigenvalue weighted by atomic mass is 127. The molecular formula is C34H39FINO4. The zero-order valence-electron chi connectivity index (χ0n) is 24.8. The number of halogens is 2. The van der Waals surface area contributed by atoms with Crippen molar-refractivity contribution in [3.63, 3.8) is 0 Å². The molecule has 7 heteroatoms. The fourth-order valence-electron chi connectivity index (χ4n) is 6.70. The molecule has 218 valence electrons. The Morgan fingerprint density at radius 2 is 1.56 bits per heavy atom. The number of benzene rings is 2. The molecule has 0 bridgehead atoms. The Morgan fingerprint density at radius 1 is 0.951 bits per heavy atom. The molecule has 0 saturated heterocycles. The number of Topliss-reactive ketones (excluding diaryl/α,β-unsaturated/α-hetero) is 2. The van der Waals surface area contributed by atoms with Gasteiger partial charge in [0.15, 0.2) is 23.1 Å². The predicted octanol–water partition coefficient (Wildman–Crippen LogP) is 8.11. The highest BCUT2D eigenvalue weighted by Gasteiger charge is 2.49. The number of allylic oxidation sites excluding steroid dienone is 4. The van der Waals surface area contributed by atoms with Crippen LogP contribution in [0.4, 0.5) is 4.39 Å². The number of hydrogen-bond acceptors (Lipinski definition) is 5. The van der Waals surface area contributed by atoms with E-state index in [0.29, 0.717) is 29.9 Å². The summed E-state index contributed by atoms with van der Waals surface area (Å²) in [4.78, 5) is 30.3. The van der Waals surface area contributed by atoms with Crippen LogP contribution < -0.4 is 9.47 Å². The van der Waals surface area contributed by atoms with E-state index in [4.69, 9.17) is 9.47 Å². The minimum absolute atomic E-state index is 0.118. The van der Waals surface area contributed by atoms with Crippen molar-refractivity contribution in [2.45, 2.75) is 79.2 Å². The van der Waals surface area contributed by atoms with E-state index in [0.717, 1.165) is 57.5 Å². The third kappa shape index (κ3) is 5.84. The molecule has 1 heterocycles. The number of methoxy groups -OCH3 is 1. The summed E-state index contributed by atoms with van der Waals surface area (Å²) >= 11 is 2.22. The van der Waals surface area contributed by atoms with Gasteiger partial charge in [-0.25, -0.2) is 4.39 Å². The first-order valence-electron chi connectivity index (χ1n) is 14.4. The summed E-state index contributed by atoms with van der Waals surface area (Å²) in [6, 6.07) is 10.3. The number of nitrogens with zero attached hydrogens (tertiary/aromatic N) is 1. The van der Waals surface area contributed by atoms with E-state index < -0.39 is 5.92 Å². The van der Waals surface area contributed by atoms with Crippen molar-refractivity contribution in [3.05, 3.63) is 79.5 Å². The summed E-state index contributed by atoms with van der Waals surface area (Å²) in [5.41, 5.74) is 4.93. The fraction of sp³-hybridized carbons (Fsp3) is 0.471. The van der Waals surface area contributed by atoms with Crippen molar-refractivity contribution in [2.75, 3.05) is 13.7 Å². The first kappa shape index (κ1) is 29.8. The number of hydrogen-bond donors (Lipinski definition) is 0. The van der Waals surface area contributed by atoms with Crippen molar-refractivity contribution in [1.82, 2.24) is 4.90 Å². The number of carbonyl (C=O) groups is 2. The van der Waals surface area contributed by atoms with E-state index in [2.05, 4.69) is 62.1 Å². The summed E-state index contributed by atoms with van der Waals surface area (Å²) in [6.07, 6.45) is 3.41. The van der Waals surface area contributed by atoms with Crippen molar-refractivity contribution in [2.24, 2.45) is 10.8 Å². The number of carbonyl (C=O) groups excluding carboxylic acids is 2. The Hall–Kier alpha value is -2.68. The van der Waals surface area contributed by atoms with Crippen LogP contribution in [0.3, 0.4) is 0 Å². The Bertz CT molecular complexity index is 1420. The van der Waals surface area contributed by atoms with Crippen molar-refractivity contribution in [1.29, 1.82) is 0 Å². The lowest BCUT2D eigenvalue weighted by molar-refractivity contribution is -0.119. The van der Waals surface area contributed by atoms with Gasteiger partial charge in [-0.15, -0.1) is 0 Å². The Labute approximate surface area is 256 Å². The van der Waals surface area contributed by atoms with Gasteiger partial charge in [0.05, 0.1) is 10.7 Å². The minimum Gasteiger partial charge on any atom is -0.493 e. The maximum Gasteiger partial charge on any atom is 0.174 e. The minimum atomic E-state index is -0.444. The molecule has 0 amide bonds. The van der Waals surface area contributed by atoms with Gasteiger partial charge in [-0.3, -0.25) is 9.59 Å². The van der Waals surface area contributed by atoms with Crippen LogP contribution in [0.2, 0.25) is 0 Å². The second-order valence-corrected chi connectivity index (χ2v) is 14.3. The summed E-state index contributed by atoms with van der Waals surface area (Å²) < 4.78 is 26.5. The van der Waals surface area contributed by atoms with E-state index in [9.17, 15) is 14.0 Å². The van der Waals surface area contributed by atoms with Gasteiger partial charge in [-0.1, -0.05) is 46.8 Å². The van der Waals surface area contributed by atoms with Crippen molar-refractivity contribution in [3.8, 4) is 11.5 Å². The summed E-state index contributed by atoms with van der Waals surface area (Å²) in [5.74, 6) is 0.557. The van der Waals surface area contributed by atoms with Gasteiger partial charge in [0.2, 0.25) is 0 Å². The molecular weight excluding hydrogens is 632 g/mol. The van der Waals surface area contributed by atoms with Crippen LogP contribution >= 0.6 is 22.6 Å². The Kier molecular flexibility index (Phi) is 8.14. The van der Waals surface area contributed by atoms with Crippen molar-refractivity contribution < 1.29 is 23.5 Å². The van der Waals surface area contributed by atoms with E-state index in [-0.39, 0.29) is 34.8 Å². The Balaban J connectivity index is 1.65. The third-order valence-corrected chi connectivity index (χ3v) is 9.13. The Morgan fingerprint density at radius 3 is 2.10 bits per heavy atom. The smallest absolute Gasteiger partial charge is 0.174 e. The van der Waals surface area contributed by atoms with Crippen LogP contribution in [0.25, 0.3) is 0 Å². The molecule has 0 radical (unpaired) electrons. The van der Waals surface area contributed by atoms with E-state index >= 15 is 0 Å². The van der Waals surface area contributed by atoms with Crippen LogP contribution in [0, 0.1) is 20.2 Å². The SMILES string of the molecule is CCCN1C2=C(C(=O)CC(C)(C)C2)C(c2cc(I)c(OCc3cccc(F)c3)c(OC)c2)C2=C1CC(C)(C)CC2=O. The molecule has 0 unspecified atom stereocenters. The van der Waals surface area contributed by atoms with Gasteiger partial charge in [0.25, 0.3) is 0 Å². The van der Waals surface area contributed by atoms with E-state index in [1.54, 1.807) is 13.2 Å². The average molecular weight is 672 g/mol. The number of ketones is 2.